The molecule has 2 nitrogen and oxygen atoms in total. The number of aromatic nitrogens is 1. The van der Waals surface area contributed by atoms with Gasteiger partial charge in [0.05, 0.1) is 10.7 Å². The minimum absolute atomic E-state index is 0.709. The van der Waals surface area contributed by atoms with E-state index >= 15 is 0 Å². The Morgan fingerprint density at radius 3 is 2.56 bits per heavy atom. The van der Waals surface area contributed by atoms with E-state index in [0.29, 0.717) is 6.54 Å². The summed E-state index contributed by atoms with van der Waals surface area (Å²) in [5.41, 5.74) is 10.9. The highest BCUT2D eigenvalue weighted by Gasteiger charge is 2.12. The number of nitrogens with zero attached hydrogens (tertiary/aromatic N) is 1. The van der Waals surface area contributed by atoms with Crippen molar-refractivity contribution in [1.29, 1.82) is 0 Å². The van der Waals surface area contributed by atoms with Crippen molar-refractivity contribution >= 4 is 23.4 Å². The first-order valence-corrected chi connectivity index (χ1v) is 10.6. The summed E-state index contributed by atoms with van der Waals surface area (Å²) in [5, 5.41) is 0.841. The van der Waals surface area contributed by atoms with Crippen molar-refractivity contribution < 1.29 is 0 Å². The molecule has 2 aromatic rings. The Kier molecular flexibility index (Phi) is 8.80. The number of pyridine rings is 1. The van der Waals surface area contributed by atoms with Crippen molar-refractivity contribution in [2.45, 2.75) is 63.0 Å². The summed E-state index contributed by atoms with van der Waals surface area (Å²) in [5.74, 6) is 0.844. The lowest BCUT2D eigenvalue weighted by molar-refractivity contribution is 0.791. The Hall–Kier alpha value is -1.03. The van der Waals surface area contributed by atoms with Crippen molar-refractivity contribution in [2.75, 3.05) is 6.54 Å². The summed E-state index contributed by atoms with van der Waals surface area (Å²) < 4.78 is 0. The highest BCUT2D eigenvalue weighted by Crippen LogP contribution is 2.35. The van der Waals surface area contributed by atoms with Gasteiger partial charge < -0.3 is 5.73 Å². The minimum atomic E-state index is 0.709. The first-order valence-electron chi connectivity index (χ1n) is 9.26. The van der Waals surface area contributed by atoms with Crippen LogP contribution in [0.1, 0.15) is 55.5 Å². The van der Waals surface area contributed by atoms with Crippen molar-refractivity contribution in [3.05, 3.63) is 57.9 Å². The van der Waals surface area contributed by atoms with Crippen LogP contribution in [0.4, 0.5) is 0 Å². The zero-order valence-electron chi connectivity index (χ0n) is 15.4. The summed E-state index contributed by atoms with van der Waals surface area (Å²) in [6.45, 7) is 5.12. The number of halogens is 1. The maximum absolute atomic E-state index is 6.51. The van der Waals surface area contributed by atoms with Gasteiger partial charge in [0.25, 0.3) is 0 Å². The highest BCUT2D eigenvalue weighted by atomic mass is 35.5. The predicted molar refractivity (Wildman–Crippen MR) is 111 cm³/mol. The fourth-order valence-corrected chi connectivity index (χ4v) is 4.31. The Bertz CT molecular complexity index is 656. The van der Waals surface area contributed by atoms with E-state index < -0.39 is 0 Å². The van der Waals surface area contributed by atoms with Crippen LogP contribution in [0.15, 0.2) is 35.4 Å². The maximum Gasteiger partial charge on any atom is 0.0544 e. The Morgan fingerprint density at radius 2 is 1.92 bits per heavy atom. The van der Waals surface area contributed by atoms with E-state index in [-0.39, 0.29) is 0 Å². The van der Waals surface area contributed by atoms with Gasteiger partial charge in [0, 0.05) is 16.8 Å². The number of nitrogens with two attached hydrogens (primary N) is 1. The average Bonchev–Trinajstić information content (AvgIpc) is 2.64. The second kappa shape index (κ2) is 10.8. The number of hydrogen-bond acceptors (Lipinski definition) is 3. The zero-order chi connectivity index (χ0) is 18.1. The number of thioether (sulfide) groups is 1. The van der Waals surface area contributed by atoms with Crippen LogP contribution >= 0.6 is 23.4 Å². The summed E-state index contributed by atoms with van der Waals surface area (Å²) in [6, 6.07) is 8.53. The number of benzene rings is 1. The standard InChI is InChI=1S/C21H29ClN2S/c1-3-5-7-16-9-11-18(24-14-16)15-25-21-19(8-6-13-23)17(4-2)10-12-20(21)22/h9-12,14H,3-8,13,15,23H2,1-2H3. The molecule has 2 N–H and O–H groups in total. The van der Waals surface area contributed by atoms with Gasteiger partial charge in [-0.1, -0.05) is 44.0 Å². The van der Waals surface area contributed by atoms with Gasteiger partial charge in [-0.05, 0) is 67.5 Å². The van der Waals surface area contributed by atoms with Crippen LogP contribution in [0, 0.1) is 0 Å². The fraction of sp³-hybridized carbons (Fsp3) is 0.476. The molecule has 4 heteroatoms. The van der Waals surface area contributed by atoms with Gasteiger partial charge in [-0.2, -0.15) is 0 Å². The smallest absolute Gasteiger partial charge is 0.0544 e. The third-order valence-electron chi connectivity index (χ3n) is 4.39. The number of aryl methyl sites for hydroxylation is 2. The van der Waals surface area contributed by atoms with Crippen LogP contribution < -0.4 is 5.73 Å². The summed E-state index contributed by atoms with van der Waals surface area (Å²) in [7, 11) is 0. The van der Waals surface area contributed by atoms with Gasteiger partial charge in [-0.25, -0.2) is 0 Å². The van der Waals surface area contributed by atoms with Crippen LogP contribution in [-0.4, -0.2) is 11.5 Å². The van der Waals surface area contributed by atoms with Gasteiger partial charge in [0.1, 0.15) is 0 Å². The fourth-order valence-electron chi connectivity index (χ4n) is 2.90. The van der Waals surface area contributed by atoms with E-state index in [4.69, 9.17) is 17.3 Å². The van der Waals surface area contributed by atoms with E-state index in [1.54, 1.807) is 11.8 Å². The van der Waals surface area contributed by atoms with Crippen molar-refractivity contribution in [3.63, 3.8) is 0 Å². The number of unbranched alkanes of at least 4 members (excludes halogenated alkanes) is 1. The molecule has 0 aliphatic carbocycles. The van der Waals surface area contributed by atoms with Crippen LogP contribution in [0.3, 0.4) is 0 Å². The van der Waals surface area contributed by atoms with Gasteiger partial charge in [0.15, 0.2) is 0 Å². The molecule has 0 saturated carbocycles. The van der Waals surface area contributed by atoms with E-state index in [0.717, 1.165) is 42.2 Å². The molecule has 0 bridgehead atoms. The molecule has 25 heavy (non-hydrogen) atoms. The third kappa shape index (κ3) is 6.02. The van der Waals surface area contributed by atoms with Gasteiger partial charge >= 0.3 is 0 Å². The minimum Gasteiger partial charge on any atom is -0.330 e. The summed E-state index contributed by atoms with van der Waals surface area (Å²) >= 11 is 8.31. The molecule has 0 unspecified atom stereocenters. The zero-order valence-corrected chi connectivity index (χ0v) is 16.9. The quantitative estimate of drug-likeness (QED) is 0.530. The molecule has 0 radical (unpaired) electrons. The highest BCUT2D eigenvalue weighted by molar-refractivity contribution is 7.98. The number of hydrogen-bond donors (Lipinski definition) is 1. The summed E-state index contributed by atoms with van der Waals surface area (Å²) in [6.07, 6.45) is 8.58. The molecular formula is C21H29ClN2S. The van der Waals surface area contributed by atoms with Crippen LogP contribution in [0.25, 0.3) is 0 Å². The summed E-state index contributed by atoms with van der Waals surface area (Å²) in [4.78, 5) is 5.83. The van der Waals surface area contributed by atoms with Gasteiger partial charge in [-0.3, -0.25) is 4.98 Å². The Labute approximate surface area is 161 Å². The topological polar surface area (TPSA) is 38.9 Å². The Balaban J connectivity index is 2.11. The molecule has 0 saturated heterocycles. The van der Waals surface area contributed by atoms with Crippen molar-refractivity contribution in [3.8, 4) is 0 Å². The molecule has 1 aromatic carbocycles. The van der Waals surface area contributed by atoms with E-state index in [2.05, 4.69) is 37.0 Å². The Morgan fingerprint density at radius 1 is 1.08 bits per heavy atom. The molecule has 136 valence electrons. The molecule has 1 aromatic heterocycles. The second-order valence-corrected chi connectivity index (χ2v) is 7.70. The van der Waals surface area contributed by atoms with E-state index in [9.17, 15) is 0 Å². The predicted octanol–water partition coefficient (Wildman–Crippen LogP) is 5.82. The van der Waals surface area contributed by atoms with Crippen LogP contribution in [0.5, 0.6) is 0 Å². The third-order valence-corrected chi connectivity index (χ3v) is 6.01. The average molecular weight is 377 g/mol. The lowest BCUT2D eigenvalue weighted by atomic mass is 10.0. The van der Waals surface area contributed by atoms with Gasteiger partial charge in [0.2, 0.25) is 0 Å². The maximum atomic E-state index is 6.51. The van der Waals surface area contributed by atoms with E-state index in [1.807, 2.05) is 12.3 Å². The lowest BCUT2D eigenvalue weighted by Gasteiger charge is -2.15. The normalized spacial score (nSPS) is 11.0. The molecule has 0 fully saturated rings. The molecular weight excluding hydrogens is 348 g/mol. The van der Waals surface area contributed by atoms with E-state index in [1.165, 1.54) is 34.4 Å². The monoisotopic (exact) mass is 376 g/mol. The molecule has 0 aliphatic rings. The molecule has 0 aliphatic heterocycles. The van der Waals surface area contributed by atoms with Crippen molar-refractivity contribution in [2.24, 2.45) is 5.73 Å². The van der Waals surface area contributed by atoms with Crippen molar-refractivity contribution in [1.82, 2.24) is 4.98 Å². The van der Waals surface area contributed by atoms with Gasteiger partial charge in [-0.15, -0.1) is 11.8 Å². The van der Waals surface area contributed by atoms with Crippen LogP contribution in [0.2, 0.25) is 5.02 Å². The molecule has 0 amide bonds. The first-order chi connectivity index (χ1) is 12.2. The molecule has 1 heterocycles. The molecule has 0 spiro atoms. The van der Waals surface area contributed by atoms with Crippen LogP contribution in [-0.2, 0) is 25.0 Å². The second-order valence-electron chi connectivity index (χ2n) is 6.31. The SMILES string of the molecule is CCCCc1ccc(CSc2c(Cl)ccc(CC)c2CCCN)nc1. The molecule has 0 atom stereocenters. The molecule has 2 rings (SSSR count). The first kappa shape index (κ1) is 20.3. The lowest BCUT2D eigenvalue weighted by Crippen LogP contribution is -2.04. The largest absolute Gasteiger partial charge is 0.330 e. The number of rotatable bonds is 10.